The van der Waals surface area contributed by atoms with Crippen LogP contribution >= 0.6 is 0 Å². The predicted octanol–water partition coefficient (Wildman–Crippen LogP) is 4.39. The Kier molecular flexibility index (Phi) is 8.17. The third-order valence-corrected chi connectivity index (χ3v) is 8.31. The Morgan fingerprint density at radius 1 is 0.973 bits per heavy atom. The Labute approximate surface area is 219 Å². The summed E-state index contributed by atoms with van der Waals surface area (Å²) in [5, 5.41) is 4.70. The molecule has 0 unspecified atom stereocenters. The molecule has 0 spiro atoms. The number of sulfonamides is 1. The van der Waals surface area contributed by atoms with Crippen molar-refractivity contribution in [3.63, 3.8) is 0 Å². The van der Waals surface area contributed by atoms with E-state index in [1.54, 1.807) is 19.1 Å². The molecule has 3 aromatic carbocycles. The zero-order chi connectivity index (χ0) is 26.6. The molecular weight excluding hydrogens is 486 g/mol. The second-order valence-corrected chi connectivity index (χ2v) is 11.8. The molecule has 8 heteroatoms. The van der Waals surface area contributed by atoms with E-state index in [4.69, 9.17) is 0 Å². The number of rotatable bonds is 9. The van der Waals surface area contributed by atoms with Crippen molar-refractivity contribution in [2.45, 2.75) is 58.2 Å². The van der Waals surface area contributed by atoms with Crippen molar-refractivity contribution in [3.05, 3.63) is 77.9 Å². The van der Waals surface area contributed by atoms with Gasteiger partial charge >= 0.3 is 0 Å². The molecule has 0 heterocycles. The Hall–Kier alpha value is -3.39. The molecule has 7 nitrogen and oxygen atoms in total. The van der Waals surface area contributed by atoms with E-state index in [1.165, 1.54) is 4.90 Å². The highest BCUT2D eigenvalue weighted by Crippen LogP contribution is 2.29. The van der Waals surface area contributed by atoms with Gasteiger partial charge in [-0.2, -0.15) is 0 Å². The number of carbonyl (C=O) groups excluding carboxylic acids is 2. The minimum atomic E-state index is -3.80. The molecule has 1 N–H and O–H groups in total. The monoisotopic (exact) mass is 521 g/mol. The number of benzene rings is 3. The third kappa shape index (κ3) is 6.31. The Balaban J connectivity index is 1.66. The molecule has 1 aliphatic carbocycles. The maximum Gasteiger partial charge on any atom is 0.244 e. The normalized spacial score (nSPS) is 14.9. The summed E-state index contributed by atoms with van der Waals surface area (Å²) in [6, 6.07) is 19.9. The van der Waals surface area contributed by atoms with Crippen molar-refractivity contribution in [1.29, 1.82) is 0 Å². The highest BCUT2D eigenvalue weighted by atomic mass is 32.2. The third-order valence-electron chi connectivity index (χ3n) is 7.19. The second-order valence-electron chi connectivity index (χ2n) is 9.88. The average molecular weight is 522 g/mol. The second kappa shape index (κ2) is 11.3. The largest absolute Gasteiger partial charge is 0.352 e. The summed E-state index contributed by atoms with van der Waals surface area (Å²) in [7, 11) is -3.80. The number of fused-ring (bicyclic) bond motifs is 1. The van der Waals surface area contributed by atoms with Crippen LogP contribution in [0.3, 0.4) is 0 Å². The fourth-order valence-electron chi connectivity index (χ4n) is 4.97. The van der Waals surface area contributed by atoms with Crippen LogP contribution < -0.4 is 9.62 Å². The molecule has 1 fully saturated rings. The van der Waals surface area contributed by atoms with Gasteiger partial charge in [0, 0.05) is 18.0 Å². The lowest BCUT2D eigenvalue weighted by Crippen LogP contribution is -2.52. The maximum atomic E-state index is 13.8. The topological polar surface area (TPSA) is 86.8 Å². The van der Waals surface area contributed by atoms with Gasteiger partial charge in [-0.15, -0.1) is 0 Å². The van der Waals surface area contributed by atoms with Gasteiger partial charge in [0.2, 0.25) is 21.8 Å². The fraction of sp³-hybridized carbons (Fsp3) is 0.379. The van der Waals surface area contributed by atoms with Crippen molar-refractivity contribution in [2.75, 3.05) is 17.1 Å². The van der Waals surface area contributed by atoms with Crippen LogP contribution in [-0.2, 0) is 26.2 Å². The first-order valence-electron chi connectivity index (χ1n) is 12.7. The highest BCUT2D eigenvalue weighted by Gasteiger charge is 2.32. The lowest BCUT2D eigenvalue weighted by molar-refractivity contribution is -0.139. The quantitative estimate of drug-likeness (QED) is 0.453. The summed E-state index contributed by atoms with van der Waals surface area (Å²) >= 11 is 0. The van der Waals surface area contributed by atoms with E-state index >= 15 is 0 Å². The zero-order valence-electron chi connectivity index (χ0n) is 21.7. The summed E-state index contributed by atoms with van der Waals surface area (Å²) in [6.07, 6.45) is 5.14. The van der Waals surface area contributed by atoms with Crippen LogP contribution in [0.4, 0.5) is 5.69 Å². The standard InChI is InChI=1S/C29H35N3O4S/c1-21-11-4-5-13-24(21)19-31(22(2)29(34)30-25-15-7-8-16-25)28(33)20-32(37(3,35)36)27-18-10-14-23-12-6-9-17-26(23)27/h4-6,9-14,17-18,22,25H,7-8,15-16,19-20H2,1-3H3,(H,30,34)/t22-/m1/s1. The number of anilines is 1. The van der Waals surface area contributed by atoms with E-state index in [9.17, 15) is 18.0 Å². The van der Waals surface area contributed by atoms with E-state index in [1.807, 2.05) is 61.5 Å². The Morgan fingerprint density at radius 3 is 2.32 bits per heavy atom. The van der Waals surface area contributed by atoms with Crippen LogP contribution in [0.2, 0.25) is 0 Å². The number of hydrogen-bond donors (Lipinski definition) is 1. The van der Waals surface area contributed by atoms with Crippen molar-refractivity contribution in [1.82, 2.24) is 10.2 Å². The fourth-order valence-corrected chi connectivity index (χ4v) is 5.83. The molecule has 1 aliphatic rings. The van der Waals surface area contributed by atoms with Gasteiger partial charge in [-0.05, 0) is 49.3 Å². The minimum absolute atomic E-state index is 0.119. The molecule has 0 aromatic heterocycles. The SMILES string of the molecule is Cc1ccccc1CN(C(=O)CN(c1cccc2ccccc12)S(C)(=O)=O)[C@H](C)C(=O)NC1CCCC1. The van der Waals surface area contributed by atoms with E-state index < -0.39 is 28.5 Å². The number of nitrogens with zero attached hydrogens (tertiary/aromatic N) is 2. The lowest BCUT2D eigenvalue weighted by atomic mass is 10.1. The van der Waals surface area contributed by atoms with Gasteiger partial charge in [0.1, 0.15) is 12.6 Å². The molecule has 0 aliphatic heterocycles. The van der Waals surface area contributed by atoms with Crippen molar-refractivity contribution >= 4 is 38.3 Å². The Bertz CT molecular complexity index is 1380. The van der Waals surface area contributed by atoms with Crippen LogP contribution in [0.25, 0.3) is 10.8 Å². The molecule has 37 heavy (non-hydrogen) atoms. The number of aryl methyl sites for hydroxylation is 1. The lowest BCUT2D eigenvalue weighted by Gasteiger charge is -2.32. The smallest absolute Gasteiger partial charge is 0.244 e. The zero-order valence-corrected chi connectivity index (χ0v) is 22.5. The molecule has 0 saturated heterocycles. The van der Waals surface area contributed by atoms with E-state index in [0.29, 0.717) is 5.69 Å². The summed E-state index contributed by atoms with van der Waals surface area (Å²) in [4.78, 5) is 28.6. The van der Waals surface area contributed by atoms with E-state index in [0.717, 1.165) is 58.1 Å². The van der Waals surface area contributed by atoms with Crippen LogP contribution in [0.5, 0.6) is 0 Å². The number of nitrogens with one attached hydrogen (secondary N) is 1. The minimum Gasteiger partial charge on any atom is -0.352 e. The van der Waals surface area contributed by atoms with E-state index in [-0.39, 0.29) is 18.5 Å². The van der Waals surface area contributed by atoms with Gasteiger partial charge in [0.05, 0.1) is 11.9 Å². The van der Waals surface area contributed by atoms with Crippen LogP contribution in [0.1, 0.15) is 43.7 Å². The number of amides is 2. The predicted molar refractivity (Wildman–Crippen MR) is 148 cm³/mol. The molecule has 4 rings (SSSR count). The van der Waals surface area contributed by atoms with Crippen molar-refractivity contribution in [2.24, 2.45) is 0 Å². The molecular formula is C29H35N3O4S. The maximum absolute atomic E-state index is 13.8. The average Bonchev–Trinajstić information content (AvgIpc) is 3.38. The summed E-state index contributed by atoms with van der Waals surface area (Å²) in [6.45, 7) is 3.47. The van der Waals surface area contributed by atoms with E-state index in [2.05, 4.69) is 5.32 Å². The summed E-state index contributed by atoms with van der Waals surface area (Å²) in [5.74, 6) is -0.652. The Morgan fingerprint density at radius 2 is 1.62 bits per heavy atom. The first-order valence-corrected chi connectivity index (χ1v) is 14.6. The van der Waals surface area contributed by atoms with Gasteiger partial charge in [0.25, 0.3) is 0 Å². The van der Waals surface area contributed by atoms with Gasteiger partial charge in [-0.1, -0.05) is 73.5 Å². The molecule has 1 atom stereocenters. The van der Waals surface area contributed by atoms with Gasteiger partial charge in [-0.3, -0.25) is 13.9 Å². The van der Waals surface area contributed by atoms with Crippen molar-refractivity contribution < 1.29 is 18.0 Å². The molecule has 0 radical (unpaired) electrons. The number of hydrogen-bond acceptors (Lipinski definition) is 4. The first-order chi connectivity index (χ1) is 17.6. The van der Waals surface area contributed by atoms with Gasteiger partial charge in [-0.25, -0.2) is 8.42 Å². The summed E-state index contributed by atoms with van der Waals surface area (Å²) in [5.41, 5.74) is 2.35. The number of carbonyl (C=O) groups is 2. The first kappa shape index (κ1) is 26.7. The van der Waals surface area contributed by atoms with Gasteiger partial charge < -0.3 is 10.2 Å². The molecule has 1 saturated carbocycles. The van der Waals surface area contributed by atoms with Crippen molar-refractivity contribution in [3.8, 4) is 0 Å². The van der Waals surface area contributed by atoms with Crippen LogP contribution in [0, 0.1) is 6.92 Å². The molecule has 196 valence electrons. The van der Waals surface area contributed by atoms with Crippen LogP contribution in [-0.4, -0.2) is 50.0 Å². The molecule has 0 bridgehead atoms. The van der Waals surface area contributed by atoms with Gasteiger partial charge in [0.15, 0.2) is 0 Å². The summed E-state index contributed by atoms with van der Waals surface area (Å²) < 4.78 is 27.1. The molecule has 2 amide bonds. The van der Waals surface area contributed by atoms with Crippen LogP contribution in [0.15, 0.2) is 66.7 Å². The molecule has 3 aromatic rings. The highest BCUT2D eigenvalue weighted by molar-refractivity contribution is 7.92.